The van der Waals surface area contributed by atoms with Crippen LogP contribution in [0.3, 0.4) is 0 Å². The van der Waals surface area contributed by atoms with E-state index in [0.29, 0.717) is 16.7 Å². The second kappa shape index (κ2) is 9.47. The number of rotatable bonds is 5. The Bertz CT molecular complexity index is 1450. The van der Waals surface area contributed by atoms with Crippen LogP contribution in [0.2, 0.25) is 0 Å². The van der Waals surface area contributed by atoms with Crippen LogP contribution in [0.5, 0.6) is 5.75 Å². The third-order valence-electron chi connectivity index (χ3n) is 7.90. The van der Waals surface area contributed by atoms with E-state index in [4.69, 9.17) is 10.5 Å². The minimum absolute atomic E-state index is 0.00113. The average Bonchev–Trinajstić information content (AvgIpc) is 2.87. The molecule has 3 aliphatic rings. The van der Waals surface area contributed by atoms with Gasteiger partial charge in [-0.3, -0.25) is 28.8 Å². The molecule has 0 radical (unpaired) electrons. The number of primary amides is 1. The summed E-state index contributed by atoms with van der Waals surface area (Å²) in [6, 6.07) is 6.15. The molecule has 12 heteroatoms. The molecule has 5 rings (SSSR count). The molecule has 2 fully saturated rings. The first-order valence-electron chi connectivity index (χ1n) is 12.3. The smallest absolute Gasteiger partial charge is 0.251 e. The maximum atomic E-state index is 13.7. The third kappa shape index (κ3) is 4.03. The van der Waals surface area contributed by atoms with Crippen LogP contribution in [0.15, 0.2) is 30.5 Å². The fourth-order valence-corrected chi connectivity index (χ4v) is 6.17. The number of ketones is 4. The zero-order valence-corrected chi connectivity index (χ0v) is 20.8. The highest BCUT2D eigenvalue weighted by molar-refractivity contribution is 6.31. The van der Waals surface area contributed by atoms with E-state index >= 15 is 0 Å². The molecule has 1 aromatic carbocycles. The molecule has 2 amide bonds. The quantitative estimate of drug-likeness (QED) is 0.377. The number of ether oxygens (including phenoxy) is 1. The number of hydrogen-bond acceptors (Lipinski definition) is 10. The number of nitrogens with zero attached hydrogens (tertiary/aromatic N) is 1. The number of nitrogens with two attached hydrogens (primary N) is 1. The lowest BCUT2D eigenvalue weighted by molar-refractivity contribution is -0.175. The number of hydrogen-bond donors (Lipinski definition) is 4. The molecular weight excluding hydrogens is 510 g/mol. The average molecular weight is 536 g/mol. The van der Waals surface area contributed by atoms with Gasteiger partial charge in [-0.1, -0.05) is 6.07 Å². The van der Waals surface area contributed by atoms with Crippen LogP contribution in [0, 0.1) is 23.7 Å². The number of aliphatic hydroxyl groups is 1. The fourth-order valence-electron chi connectivity index (χ4n) is 6.17. The van der Waals surface area contributed by atoms with Crippen LogP contribution in [-0.4, -0.2) is 69.5 Å². The number of pyridine rings is 1. The van der Waals surface area contributed by atoms with E-state index in [0.717, 1.165) is 0 Å². The van der Waals surface area contributed by atoms with Crippen LogP contribution in [0.1, 0.15) is 28.8 Å². The van der Waals surface area contributed by atoms with Crippen molar-refractivity contribution in [1.82, 2.24) is 4.98 Å². The maximum Gasteiger partial charge on any atom is 0.251 e. The first-order valence-corrected chi connectivity index (χ1v) is 12.3. The van der Waals surface area contributed by atoms with Crippen molar-refractivity contribution < 1.29 is 43.7 Å². The topological polar surface area (TPSA) is 203 Å². The highest BCUT2D eigenvalue weighted by Crippen LogP contribution is 2.51. The summed E-state index contributed by atoms with van der Waals surface area (Å²) in [6.45, 7) is -0.144. The van der Waals surface area contributed by atoms with E-state index in [-0.39, 0.29) is 42.5 Å². The van der Waals surface area contributed by atoms with E-state index in [1.807, 2.05) is 0 Å². The van der Waals surface area contributed by atoms with Crippen molar-refractivity contribution in [2.24, 2.45) is 29.4 Å². The number of Topliss-reactive ketones (excluding diaryl/α,β-unsaturated/α-hetero) is 4. The lowest BCUT2D eigenvalue weighted by Crippen LogP contribution is -2.68. The van der Waals surface area contributed by atoms with Gasteiger partial charge in [0.2, 0.25) is 5.91 Å². The van der Waals surface area contributed by atoms with Gasteiger partial charge in [-0.25, -0.2) is 4.98 Å². The lowest BCUT2D eigenvalue weighted by atomic mass is 9.53. The van der Waals surface area contributed by atoms with Crippen molar-refractivity contribution in [3.05, 3.63) is 41.6 Å². The van der Waals surface area contributed by atoms with E-state index in [9.17, 15) is 39.0 Å². The predicted molar refractivity (Wildman–Crippen MR) is 132 cm³/mol. The molecule has 5 atom stereocenters. The van der Waals surface area contributed by atoms with Gasteiger partial charge in [-0.05, 0) is 48.1 Å². The molecular formula is C27H25N3O9. The zero-order chi connectivity index (χ0) is 28.2. The number of benzene rings is 1. The highest BCUT2D eigenvalue weighted by Gasteiger charge is 2.66. The van der Waals surface area contributed by atoms with E-state index in [1.165, 1.54) is 19.4 Å². The van der Waals surface area contributed by atoms with Crippen LogP contribution >= 0.6 is 0 Å². The van der Waals surface area contributed by atoms with Crippen molar-refractivity contribution in [3.63, 3.8) is 0 Å². The largest absolute Gasteiger partial charge is 0.507 e. The second-order valence-electron chi connectivity index (χ2n) is 10.1. The highest BCUT2D eigenvalue weighted by atomic mass is 16.5. The summed E-state index contributed by atoms with van der Waals surface area (Å²) in [4.78, 5) is 80.5. The summed E-state index contributed by atoms with van der Waals surface area (Å²) in [7, 11) is 1.39. The van der Waals surface area contributed by atoms with E-state index in [2.05, 4.69) is 10.3 Å². The Labute approximate surface area is 221 Å². The molecule has 5 N–H and O–H groups in total. The maximum absolute atomic E-state index is 13.7. The number of nitrogens with one attached hydrogen (secondary N) is 1. The molecule has 202 valence electrons. The third-order valence-corrected chi connectivity index (χ3v) is 7.90. The van der Waals surface area contributed by atoms with Crippen molar-refractivity contribution >= 4 is 40.8 Å². The summed E-state index contributed by atoms with van der Waals surface area (Å²) in [5.41, 5.74) is 4.00. The molecule has 1 heterocycles. The SMILES string of the molecule is COCC(=O)Nc1ccc(-c2ccc(O)c3c2C[C@H]2C[C@H]4CC(=O)C(C(N)=O)C(=O)[C@@]4(O)C(=O)C2C3=O)cn1. The number of amides is 2. The molecule has 12 nitrogen and oxygen atoms in total. The Balaban J connectivity index is 1.52. The molecule has 0 aliphatic heterocycles. The van der Waals surface area contributed by atoms with Gasteiger partial charge in [-0.2, -0.15) is 0 Å². The Kier molecular flexibility index (Phi) is 6.39. The number of phenolic OH excluding ortho intramolecular Hbond substituents is 1. The van der Waals surface area contributed by atoms with Gasteiger partial charge in [0.25, 0.3) is 5.91 Å². The molecule has 2 aromatic rings. The first-order chi connectivity index (χ1) is 18.5. The van der Waals surface area contributed by atoms with Crippen LogP contribution < -0.4 is 11.1 Å². The van der Waals surface area contributed by atoms with Gasteiger partial charge in [0, 0.05) is 31.2 Å². The van der Waals surface area contributed by atoms with E-state index < -0.39 is 64.7 Å². The number of carbonyl (C=O) groups excluding carboxylic acids is 6. The number of phenols is 1. The summed E-state index contributed by atoms with van der Waals surface area (Å²) in [6.07, 6.45) is 1.22. The Hall–Kier alpha value is -4.29. The van der Waals surface area contributed by atoms with Crippen molar-refractivity contribution in [2.75, 3.05) is 19.0 Å². The standard InChI is InChI=1S/C27H25N3O9/c1-39-10-19(33)30-18-5-2-11(9-29-18)14-3-4-16(31)21-15(14)7-12-6-13-8-17(32)22(26(28)37)25(36)27(13,38)24(35)20(12)23(21)34/h2-5,9,12-13,20,22,31,38H,6-8,10H2,1H3,(H2,28,37)(H,29,30,33)/t12-,13+,20?,22?,27+/m1/s1. The predicted octanol–water partition coefficient (Wildman–Crippen LogP) is -0.0262. The van der Waals surface area contributed by atoms with Crippen LogP contribution in [-0.2, 0) is 35.1 Å². The summed E-state index contributed by atoms with van der Waals surface area (Å²) < 4.78 is 4.78. The van der Waals surface area contributed by atoms with Crippen molar-refractivity contribution in [2.45, 2.75) is 24.9 Å². The minimum Gasteiger partial charge on any atom is -0.507 e. The zero-order valence-electron chi connectivity index (χ0n) is 20.8. The van der Waals surface area contributed by atoms with Crippen molar-refractivity contribution in [1.29, 1.82) is 0 Å². The monoisotopic (exact) mass is 535 g/mol. The van der Waals surface area contributed by atoms with Crippen LogP contribution in [0.4, 0.5) is 5.82 Å². The number of fused-ring (bicyclic) bond motifs is 3. The number of aromatic hydroxyl groups is 1. The first kappa shape index (κ1) is 26.3. The molecule has 0 spiro atoms. The Morgan fingerprint density at radius 2 is 1.87 bits per heavy atom. The molecule has 2 unspecified atom stereocenters. The minimum atomic E-state index is -2.69. The van der Waals surface area contributed by atoms with Gasteiger partial charge < -0.3 is 26.0 Å². The number of methoxy groups -OCH3 is 1. The molecule has 2 saturated carbocycles. The van der Waals surface area contributed by atoms with Gasteiger partial charge in [0.15, 0.2) is 34.7 Å². The van der Waals surface area contributed by atoms with Crippen molar-refractivity contribution in [3.8, 4) is 16.9 Å². The second-order valence-corrected chi connectivity index (χ2v) is 10.1. The van der Waals surface area contributed by atoms with Gasteiger partial charge in [0.1, 0.15) is 18.2 Å². The number of carbonyl (C=O) groups is 6. The molecule has 39 heavy (non-hydrogen) atoms. The summed E-state index contributed by atoms with van der Waals surface area (Å²) in [5, 5.41) is 24.5. The van der Waals surface area contributed by atoms with Gasteiger partial charge >= 0.3 is 0 Å². The van der Waals surface area contributed by atoms with Gasteiger partial charge in [0.05, 0.1) is 11.5 Å². The van der Waals surface area contributed by atoms with E-state index in [1.54, 1.807) is 18.2 Å². The normalized spacial score (nSPS) is 27.8. The number of anilines is 1. The number of aromatic nitrogens is 1. The fraction of sp³-hybridized carbons (Fsp3) is 0.370. The Morgan fingerprint density at radius 1 is 1.13 bits per heavy atom. The molecule has 0 saturated heterocycles. The Morgan fingerprint density at radius 3 is 2.51 bits per heavy atom. The summed E-state index contributed by atoms with van der Waals surface area (Å²) >= 11 is 0. The summed E-state index contributed by atoms with van der Waals surface area (Å²) in [5.74, 6) is -10.8. The molecule has 0 bridgehead atoms. The molecule has 3 aliphatic carbocycles. The molecule has 1 aromatic heterocycles. The lowest BCUT2D eigenvalue weighted by Gasteiger charge is -2.48. The van der Waals surface area contributed by atoms with Crippen LogP contribution in [0.25, 0.3) is 11.1 Å². The van der Waals surface area contributed by atoms with Gasteiger partial charge in [-0.15, -0.1) is 0 Å².